The van der Waals surface area contributed by atoms with Crippen molar-refractivity contribution in [3.8, 4) is 0 Å². The first kappa shape index (κ1) is 19.4. The van der Waals surface area contributed by atoms with Gasteiger partial charge in [-0.1, -0.05) is 41.4 Å². The van der Waals surface area contributed by atoms with Gasteiger partial charge in [0.05, 0.1) is 11.4 Å². The highest BCUT2D eigenvalue weighted by Gasteiger charge is 2.20. The van der Waals surface area contributed by atoms with Crippen LogP contribution in [-0.4, -0.2) is 20.9 Å². The third-order valence-corrected chi connectivity index (χ3v) is 5.66. The molecule has 2 rings (SSSR count). The average Bonchev–Trinajstić information content (AvgIpc) is 2.51. The summed E-state index contributed by atoms with van der Waals surface area (Å²) in [6.07, 6.45) is 0. The van der Waals surface area contributed by atoms with Crippen molar-refractivity contribution in [2.24, 2.45) is 0 Å². The number of amides is 1. The molecule has 0 aliphatic heterocycles. The minimum absolute atomic E-state index is 0.226. The number of nitrogens with one attached hydrogen (secondary N) is 2. The van der Waals surface area contributed by atoms with Crippen LogP contribution in [0.4, 0.5) is 0 Å². The van der Waals surface area contributed by atoms with Crippen molar-refractivity contribution >= 4 is 27.5 Å². The van der Waals surface area contributed by atoms with Crippen LogP contribution in [0.3, 0.4) is 0 Å². The van der Waals surface area contributed by atoms with Gasteiger partial charge in [0.1, 0.15) is 0 Å². The van der Waals surface area contributed by atoms with Crippen molar-refractivity contribution in [3.63, 3.8) is 0 Å². The molecule has 0 aliphatic rings. The van der Waals surface area contributed by atoms with Gasteiger partial charge in [0, 0.05) is 11.6 Å². The summed E-state index contributed by atoms with van der Waals surface area (Å²) in [5.41, 5.74) is 3.19. The number of hydrogen-bond acceptors (Lipinski definition) is 3. The Hall–Kier alpha value is -1.89. The molecule has 134 valence electrons. The third-order valence-electron chi connectivity index (χ3n) is 3.70. The maximum Gasteiger partial charge on any atom is 0.241 e. The van der Waals surface area contributed by atoms with E-state index in [0.29, 0.717) is 22.7 Å². The zero-order valence-corrected chi connectivity index (χ0v) is 16.0. The first-order chi connectivity index (χ1) is 11.7. The predicted molar refractivity (Wildman–Crippen MR) is 99.1 cm³/mol. The lowest BCUT2D eigenvalue weighted by atomic mass is 10.1. The van der Waals surface area contributed by atoms with Gasteiger partial charge in [-0.3, -0.25) is 4.79 Å². The van der Waals surface area contributed by atoms with E-state index < -0.39 is 15.9 Å². The largest absolute Gasteiger partial charge is 0.351 e. The summed E-state index contributed by atoms with van der Waals surface area (Å²) in [6.45, 7) is 5.39. The molecule has 0 heterocycles. The highest BCUT2D eigenvalue weighted by Crippen LogP contribution is 2.21. The van der Waals surface area contributed by atoms with Crippen molar-refractivity contribution in [1.29, 1.82) is 0 Å². The molecule has 2 aromatic carbocycles. The van der Waals surface area contributed by atoms with E-state index in [2.05, 4.69) is 10.0 Å². The van der Waals surface area contributed by atoms with Crippen LogP contribution in [0.2, 0.25) is 5.02 Å². The monoisotopic (exact) mass is 380 g/mol. The second-order valence-electron chi connectivity index (χ2n) is 5.96. The summed E-state index contributed by atoms with van der Waals surface area (Å²) < 4.78 is 27.4. The number of rotatable bonds is 6. The molecule has 0 radical (unpaired) electrons. The number of benzene rings is 2. The lowest BCUT2D eigenvalue weighted by Gasteiger charge is -2.13. The van der Waals surface area contributed by atoms with Crippen LogP contribution < -0.4 is 10.0 Å². The highest BCUT2D eigenvalue weighted by molar-refractivity contribution is 7.89. The topological polar surface area (TPSA) is 75.3 Å². The van der Waals surface area contributed by atoms with Crippen LogP contribution in [-0.2, 0) is 21.4 Å². The number of aryl methyl sites for hydroxylation is 3. The Kier molecular flexibility index (Phi) is 6.21. The van der Waals surface area contributed by atoms with E-state index in [0.717, 1.165) is 11.1 Å². The molecule has 0 bridgehead atoms. The quantitative estimate of drug-likeness (QED) is 0.809. The van der Waals surface area contributed by atoms with Crippen molar-refractivity contribution < 1.29 is 13.2 Å². The van der Waals surface area contributed by atoms with Crippen LogP contribution in [0.5, 0.6) is 0 Å². The Morgan fingerprint density at radius 3 is 2.16 bits per heavy atom. The normalized spacial score (nSPS) is 11.4. The molecule has 0 aliphatic carbocycles. The van der Waals surface area contributed by atoms with Crippen molar-refractivity contribution in [3.05, 3.63) is 63.7 Å². The Balaban J connectivity index is 1.97. The summed E-state index contributed by atoms with van der Waals surface area (Å²) in [6, 6.07) is 10.7. The standard InChI is InChI=1S/C18H21ClN2O3S/c1-12-8-13(2)18(14(3)9-12)25(23,24)21-11-17(22)20-10-15-4-6-16(19)7-5-15/h4-9,21H,10-11H2,1-3H3,(H,20,22). The van der Waals surface area contributed by atoms with Crippen molar-refractivity contribution in [2.45, 2.75) is 32.2 Å². The van der Waals surface area contributed by atoms with Crippen LogP contribution in [0.1, 0.15) is 22.3 Å². The van der Waals surface area contributed by atoms with Gasteiger partial charge in [0.2, 0.25) is 15.9 Å². The molecule has 0 aromatic heterocycles. The SMILES string of the molecule is Cc1cc(C)c(S(=O)(=O)NCC(=O)NCc2ccc(Cl)cc2)c(C)c1. The number of sulfonamides is 1. The molecular weight excluding hydrogens is 360 g/mol. The van der Waals surface area contributed by atoms with Gasteiger partial charge in [-0.15, -0.1) is 0 Å². The summed E-state index contributed by atoms with van der Waals surface area (Å²) in [5, 5.41) is 3.29. The molecular formula is C18H21ClN2O3S. The molecule has 0 spiro atoms. The smallest absolute Gasteiger partial charge is 0.241 e. The Morgan fingerprint density at radius 1 is 1.04 bits per heavy atom. The van der Waals surface area contributed by atoms with Crippen LogP contribution >= 0.6 is 11.6 Å². The fourth-order valence-corrected chi connectivity index (χ4v) is 4.25. The zero-order chi connectivity index (χ0) is 18.6. The van der Waals surface area contributed by atoms with Gasteiger partial charge in [-0.25, -0.2) is 13.1 Å². The number of carbonyl (C=O) groups excluding carboxylic acids is 1. The molecule has 2 N–H and O–H groups in total. The Labute approximate surface area is 153 Å². The van der Waals surface area contributed by atoms with E-state index in [1.807, 2.05) is 19.1 Å². The molecule has 0 saturated heterocycles. The molecule has 2 aromatic rings. The van der Waals surface area contributed by atoms with Crippen LogP contribution in [0, 0.1) is 20.8 Å². The molecule has 0 unspecified atom stereocenters. The fourth-order valence-electron chi connectivity index (χ4n) is 2.69. The zero-order valence-electron chi connectivity index (χ0n) is 14.4. The molecule has 0 fully saturated rings. The van der Waals surface area contributed by atoms with Gasteiger partial charge in [0.25, 0.3) is 0 Å². The molecule has 7 heteroatoms. The second kappa shape index (κ2) is 7.99. The summed E-state index contributed by atoms with van der Waals surface area (Å²) in [5.74, 6) is -0.402. The van der Waals surface area contributed by atoms with E-state index in [1.165, 1.54) is 0 Å². The first-order valence-corrected chi connectivity index (χ1v) is 9.64. The van der Waals surface area contributed by atoms with Crippen molar-refractivity contribution in [1.82, 2.24) is 10.0 Å². The number of halogens is 1. The minimum Gasteiger partial charge on any atom is -0.351 e. The van der Waals surface area contributed by atoms with E-state index in [9.17, 15) is 13.2 Å². The lowest BCUT2D eigenvalue weighted by Crippen LogP contribution is -2.37. The van der Waals surface area contributed by atoms with Crippen LogP contribution in [0.15, 0.2) is 41.3 Å². The first-order valence-electron chi connectivity index (χ1n) is 7.77. The number of hydrogen-bond donors (Lipinski definition) is 2. The van der Waals surface area contributed by atoms with Crippen molar-refractivity contribution in [2.75, 3.05) is 6.54 Å². The predicted octanol–water partition coefficient (Wildman–Crippen LogP) is 2.86. The van der Waals surface area contributed by atoms with Gasteiger partial charge in [-0.05, 0) is 49.6 Å². The van der Waals surface area contributed by atoms with Gasteiger partial charge < -0.3 is 5.32 Å². The average molecular weight is 381 g/mol. The lowest BCUT2D eigenvalue weighted by molar-refractivity contribution is -0.120. The van der Waals surface area contributed by atoms with Crippen LogP contribution in [0.25, 0.3) is 0 Å². The number of carbonyl (C=O) groups is 1. The minimum atomic E-state index is -3.75. The molecule has 5 nitrogen and oxygen atoms in total. The van der Waals surface area contributed by atoms with Gasteiger partial charge in [0.15, 0.2) is 0 Å². The summed E-state index contributed by atoms with van der Waals surface area (Å²) in [7, 11) is -3.75. The Morgan fingerprint density at radius 2 is 1.60 bits per heavy atom. The molecule has 25 heavy (non-hydrogen) atoms. The molecule has 0 saturated carbocycles. The van der Waals surface area contributed by atoms with E-state index in [-0.39, 0.29) is 11.4 Å². The highest BCUT2D eigenvalue weighted by atomic mass is 35.5. The summed E-state index contributed by atoms with van der Waals surface area (Å²) >= 11 is 5.80. The van der Waals surface area contributed by atoms with Gasteiger partial charge in [-0.2, -0.15) is 0 Å². The Bertz CT molecular complexity index is 855. The fraction of sp³-hybridized carbons (Fsp3) is 0.278. The van der Waals surface area contributed by atoms with Gasteiger partial charge >= 0.3 is 0 Å². The third kappa shape index (κ3) is 5.29. The second-order valence-corrected chi connectivity index (χ2v) is 8.10. The summed E-state index contributed by atoms with van der Waals surface area (Å²) in [4.78, 5) is 12.1. The molecule has 1 amide bonds. The maximum absolute atomic E-state index is 12.5. The van der Waals surface area contributed by atoms with E-state index in [4.69, 9.17) is 11.6 Å². The van der Waals surface area contributed by atoms with E-state index >= 15 is 0 Å². The van der Waals surface area contributed by atoms with E-state index in [1.54, 1.807) is 38.1 Å². The maximum atomic E-state index is 12.5. The molecule has 0 atom stereocenters.